The van der Waals surface area contributed by atoms with Gasteiger partial charge in [-0.1, -0.05) is 0 Å². The summed E-state index contributed by atoms with van der Waals surface area (Å²) in [5.74, 6) is 0. The Labute approximate surface area is 116 Å². The fourth-order valence-corrected chi connectivity index (χ4v) is 2.19. The number of aromatic nitrogens is 1. The van der Waals surface area contributed by atoms with Crippen molar-refractivity contribution in [3.05, 3.63) is 28.9 Å². The molecule has 2 N–H and O–H groups in total. The van der Waals surface area contributed by atoms with Crippen LogP contribution in [0.1, 0.15) is 0 Å². The molecule has 0 aliphatic heterocycles. The lowest BCUT2D eigenvalue weighted by Gasteiger charge is -2.22. The third-order valence-electron chi connectivity index (χ3n) is 2.66. The van der Waals surface area contributed by atoms with E-state index in [1.807, 2.05) is 0 Å². The molecule has 1 aromatic carbocycles. The van der Waals surface area contributed by atoms with Gasteiger partial charge >= 0.3 is 6.18 Å². The highest BCUT2D eigenvalue weighted by molar-refractivity contribution is 9.10. The Hall–Kier alpha value is -1.50. The first-order valence-corrected chi connectivity index (χ1v) is 6.19. The molecular formula is C12H11BrF3N3. The first kappa shape index (κ1) is 13.9. The molecule has 2 aromatic rings. The molecule has 0 aliphatic rings. The lowest BCUT2D eigenvalue weighted by atomic mass is 10.1. The van der Waals surface area contributed by atoms with E-state index in [-0.39, 0.29) is 0 Å². The first-order chi connectivity index (χ1) is 8.78. The summed E-state index contributed by atoms with van der Waals surface area (Å²) in [5.41, 5.74) is 7.15. The van der Waals surface area contributed by atoms with Crippen LogP contribution in [0.4, 0.5) is 24.5 Å². The van der Waals surface area contributed by atoms with Gasteiger partial charge in [-0.25, -0.2) is 0 Å². The lowest BCUT2D eigenvalue weighted by Crippen LogP contribution is -2.31. The van der Waals surface area contributed by atoms with Gasteiger partial charge in [0.15, 0.2) is 0 Å². The van der Waals surface area contributed by atoms with Crippen molar-refractivity contribution >= 4 is 38.2 Å². The second-order valence-corrected chi connectivity index (χ2v) is 5.11. The van der Waals surface area contributed by atoms with Crippen molar-refractivity contribution in [2.24, 2.45) is 0 Å². The third kappa shape index (κ3) is 3.09. The summed E-state index contributed by atoms with van der Waals surface area (Å²) in [4.78, 5) is 5.27. The predicted molar refractivity (Wildman–Crippen MR) is 73.2 cm³/mol. The Morgan fingerprint density at radius 3 is 2.68 bits per heavy atom. The molecule has 19 heavy (non-hydrogen) atoms. The lowest BCUT2D eigenvalue weighted by molar-refractivity contribution is -0.119. The number of fused-ring (bicyclic) bond motifs is 1. The molecule has 2 rings (SSSR count). The monoisotopic (exact) mass is 333 g/mol. The number of hydrogen-bond acceptors (Lipinski definition) is 3. The largest absolute Gasteiger partial charge is 0.405 e. The van der Waals surface area contributed by atoms with Crippen molar-refractivity contribution < 1.29 is 13.2 Å². The maximum absolute atomic E-state index is 12.4. The molecule has 0 unspecified atom stereocenters. The van der Waals surface area contributed by atoms with Crippen molar-refractivity contribution in [3.63, 3.8) is 0 Å². The van der Waals surface area contributed by atoms with Crippen LogP contribution < -0.4 is 10.6 Å². The average Bonchev–Trinajstić information content (AvgIpc) is 2.27. The zero-order chi connectivity index (χ0) is 14.2. The van der Waals surface area contributed by atoms with Gasteiger partial charge in [0.05, 0.1) is 11.2 Å². The van der Waals surface area contributed by atoms with Crippen LogP contribution in [0.3, 0.4) is 0 Å². The van der Waals surface area contributed by atoms with E-state index >= 15 is 0 Å². The molecule has 3 nitrogen and oxygen atoms in total. The fraction of sp³-hybridized carbons (Fsp3) is 0.250. The molecule has 0 amide bonds. The number of pyridine rings is 1. The van der Waals surface area contributed by atoms with Crippen LogP contribution in [0.2, 0.25) is 0 Å². The number of hydrogen-bond donors (Lipinski definition) is 1. The van der Waals surface area contributed by atoms with Crippen LogP contribution in [0, 0.1) is 0 Å². The minimum atomic E-state index is -4.27. The molecular weight excluding hydrogens is 323 g/mol. The van der Waals surface area contributed by atoms with E-state index in [9.17, 15) is 13.2 Å². The molecule has 1 heterocycles. The third-order valence-corrected chi connectivity index (χ3v) is 3.09. The SMILES string of the molecule is CN(CC(F)(F)F)c1ccc(N)c2cc(Br)cnc12. The van der Waals surface area contributed by atoms with Gasteiger partial charge in [-0.05, 0) is 34.1 Å². The summed E-state index contributed by atoms with van der Waals surface area (Å²) in [6.07, 6.45) is -2.73. The van der Waals surface area contributed by atoms with Crippen molar-refractivity contribution in [3.8, 4) is 0 Å². The Morgan fingerprint density at radius 2 is 2.05 bits per heavy atom. The van der Waals surface area contributed by atoms with Crippen LogP contribution in [0.15, 0.2) is 28.9 Å². The average molecular weight is 334 g/mol. The van der Waals surface area contributed by atoms with Gasteiger partial charge < -0.3 is 10.6 Å². The molecule has 0 saturated carbocycles. The molecule has 0 radical (unpaired) electrons. The summed E-state index contributed by atoms with van der Waals surface area (Å²) in [7, 11) is 1.38. The molecule has 0 saturated heterocycles. The first-order valence-electron chi connectivity index (χ1n) is 5.39. The minimum Gasteiger partial charge on any atom is -0.398 e. The van der Waals surface area contributed by atoms with Gasteiger partial charge in [-0.3, -0.25) is 4.98 Å². The second-order valence-electron chi connectivity index (χ2n) is 4.19. The molecule has 0 spiro atoms. The maximum atomic E-state index is 12.4. The summed E-state index contributed by atoms with van der Waals surface area (Å²) in [6, 6.07) is 4.87. The fourth-order valence-electron chi connectivity index (χ4n) is 1.86. The molecule has 0 bridgehead atoms. The van der Waals surface area contributed by atoms with Gasteiger partial charge in [-0.15, -0.1) is 0 Å². The standard InChI is InChI=1S/C12H11BrF3N3/c1-19(6-12(14,15)16)10-3-2-9(17)8-4-7(13)5-18-11(8)10/h2-5H,6,17H2,1H3. The number of nitrogens with zero attached hydrogens (tertiary/aromatic N) is 2. The van der Waals surface area contributed by atoms with Crippen molar-refractivity contribution in [2.45, 2.75) is 6.18 Å². The van der Waals surface area contributed by atoms with Gasteiger partial charge in [0.2, 0.25) is 0 Å². The Kier molecular flexibility index (Phi) is 3.58. The Morgan fingerprint density at radius 1 is 1.37 bits per heavy atom. The number of halogens is 4. The van der Waals surface area contributed by atoms with Crippen molar-refractivity contribution in [2.75, 3.05) is 24.2 Å². The zero-order valence-corrected chi connectivity index (χ0v) is 11.6. The highest BCUT2D eigenvalue weighted by atomic mass is 79.9. The normalized spacial score (nSPS) is 11.8. The predicted octanol–water partition coefficient (Wildman–Crippen LogP) is 3.58. The van der Waals surface area contributed by atoms with E-state index in [1.54, 1.807) is 18.2 Å². The topological polar surface area (TPSA) is 42.1 Å². The van der Waals surface area contributed by atoms with E-state index in [4.69, 9.17) is 5.73 Å². The second kappa shape index (κ2) is 4.88. The molecule has 0 fully saturated rings. The number of anilines is 2. The number of alkyl halides is 3. The smallest absolute Gasteiger partial charge is 0.398 e. The highest BCUT2D eigenvalue weighted by Crippen LogP contribution is 2.31. The summed E-state index contributed by atoms with van der Waals surface area (Å²) >= 11 is 3.27. The van der Waals surface area contributed by atoms with E-state index in [2.05, 4.69) is 20.9 Å². The van der Waals surface area contributed by atoms with Crippen LogP contribution in [-0.4, -0.2) is 24.8 Å². The number of nitrogens with two attached hydrogens (primary N) is 1. The highest BCUT2D eigenvalue weighted by Gasteiger charge is 2.30. The van der Waals surface area contributed by atoms with Crippen LogP contribution in [0.5, 0.6) is 0 Å². The Balaban J connectivity index is 2.53. The summed E-state index contributed by atoms with van der Waals surface area (Å²) in [5, 5.41) is 0.626. The van der Waals surface area contributed by atoms with E-state index < -0.39 is 12.7 Å². The minimum absolute atomic E-state index is 0.397. The van der Waals surface area contributed by atoms with Crippen molar-refractivity contribution in [1.82, 2.24) is 4.98 Å². The van der Waals surface area contributed by atoms with Gasteiger partial charge in [0.1, 0.15) is 6.54 Å². The van der Waals surface area contributed by atoms with Gasteiger partial charge in [0, 0.05) is 28.8 Å². The van der Waals surface area contributed by atoms with E-state index in [0.29, 0.717) is 22.3 Å². The molecule has 7 heteroatoms. The zero-order valence-electron chi connectivity index (χ0n) is 10.0. The number of rotatable bonds is 2. The van der Waals surface area contributed by atoms with E-state index in [0.717, 1.165) is 9.37 Å². The summed E-state index contributed by atoms with van der Waals surface area (Å²) < 4.78 is 38.0. The summed E-state index contributed by atoms with van der Waals surface area (Å²) in [6.45, 7) is -1.04. The maximum Gasteiger partial charge on any atom is 0.405 e. The van der Waals surface area contributed by atoms with Crippen LogP contribution in [0.25, 0.3) is 10.9 Å². The van der Waals surface area contributed by atoms with Crippen molar-refractivity contribution in [1.29, 1.82) is 0 Å². The van der Waals surface area contributed by atoms with Crippen LogP contribution >= 0.6 is 15.9 Å². The van der Waals surface area contributed by atoms with Crippen LogP contribution in [-0.2, 0) is 0 Å². The van der Waals surface area contributed by atoms with Gasteiger partial charge in [-0.2, -0.15) is 13.2 Å². The van der Waals surface area contributed by atoms with E-state index in [1.165, 1.54) is 13.2 Å². The number of nitrogen functional groups attached to an aromatic ring is 1. The number of benzene rings is 1. The molecule has 102 valence electrons. The Bertz CT molecular complexity index is 613. The van der Waals surface area contributed by atoms with Gasteiger partial charge in [0.25, 0.3) is 0 Å². The molecule has 0 atom stereocenters. The molecule has 0 aliphatic carbocycles. The quantitative estimate of drug-likeness (QED) is 0.854. The molecule has 1 aromatic heterocycles.